The topological polar surface area (TPSA) is 49.8 Å². The lowest BCUT2D eigenvalue weighted by Gasteiger charge is -2.10. The molecule has 0 aromatic carbocycles. The molecular weight excluding hydrogens is 256 g/mol. The van der Waals surface area contributed by atoms with Crippen molar-refractivity contribution >= 4 is 27.6 Å². The molecule has 2 N–H and O–H groups in total. The number of aromatic nitrogens is 2. The van der Waals surface area contributed by atoms with Crippen molar-refractivity contribution in [2.45, 2.75) is 26.7 Å². The lowest BCUT2D eigenvalue weighted by atomic mass is 10.3. The summed E-state index contributed by atoms with van der Waals surface area (Å²) in [5.74, 6) is 1.70. The first kappa shape index (κ1) is 12.2. The molecule has 1 aromatic heterocycles. The highest BCUT2D eigenvalue weighted by atomic mass is 79.9. The minimum Gasteiger partial charge on any atom is -0.369 e. The first-order valence-corrected chi connectivity index (χ1v) is 6.07. The molecule has 0 spiro atoms. The normalized spacial score (nSPS) is 10.1. The van der Waals surface area contributed by atoms with Gasteiger partial charge in [-0.05, 0) is 29.3 Å². The molecule has 0 fully saturated rings. The van der Waals surface area contributed by atoms with Gasteiger partial charge in [-0.3, -0.25) is 0 Å². The quantitative estimate of drug-likeness (QED) is 0.782. The van der Waals surface area contributed by atoms with Gasteiger partial charge in [0, 0.05) is 13.1 Å². The molecule has 1 aromatic rings. The fraction of sp³-hybridized carbons (Fsp3) is 0.600. The van der Waals surface area contributed by atoms with Gasteiger partial charge in [-0.25, -0.2) is 9.97 Å². The van der Waals surface area contributed by atoms with Crippen molar-refractivity contribution in [2.75, 3.05) is 23.7 Å². The monoisotopic (exact) mass is 272 g/mol. The van der Waals surface area contributed by atoms with Crippen molar-refractivity contribution in [3.63, 3.8) is 0 Å². The number of hydrogen-bond donors (Lipinski definition) is 2. The zero-order valence-electron chi connectivity index (χ0n) is 9.18. The Morgan fingerprint density at radius 2 is 1.87 bits per heavy atom. The minimum atomic E-state index is 0.839. The molecule has 0 amide bonds. The van der Waals surface area contributed by atoms with E-state index in [1.54, 1.807) is 6.33 Å². The summed E-state index contributed by atoms with van der Waals surface area (Å²) in [6.45, 7) is 6.00. The molecule has 1 rings (SSSR count). The van der Waals surface area contributed by atoms with E-state index in [2.05, 4.69) is 43.5 Å². The van der Waals surface area contributed by atoms with Crippen LogP contribution in [0, 0.1) is 0 Å². The molecule has 15 heavy (non-hydrogen) atoms. The minimum absolute atomic E-state index is 0.839. The van der Waals surface area contributed by atoms with Crippen LogP contribution in [-0.2, 0) is 0 Å². The molecule has 0 unspecified atom stereocenters. The summed E-state index contributed by atoms with van der Waals surface area (Å²) in [7, 11) is 0. The Labute approximate surface area is 99.0 Å². The fourth-order valence-electron chi connectivity index (χ4n) is 1.17. The van der Waals surface area contributed by atoms with Gasteiger partial charge in [0.05, 0.1) is 0 Å². The maximum atomic E-state index is 4.18. The second-order valence-electron chi connectivity index (χ2n) is 3.20. The smallest absolute Gasteiger partial charge is 0.145 e. The molecule has 5 heteroatoms. The summed E-state index contributed by atoms with van der Waals surface area (Å²) >= 11 is 3.48. The predicted octanol–water partition coefficient (Wildman–Crippen LogP) is 2.88. The predicted molar refractivity (Wildman–Crippen MR) is 67.3 cm³/mol. The number of unbranched alkanes of at least 4 members (excludes halogenated alkanes) is 1. The molecule has 1 heterocycles. The van der Waals surface area contributed by atoms with Gasteiger partial charge in [0.1, 0.15) is 22.4 Å². The van der Waals surface area contributed by atoms with Crippen LogP contribution in [0.15, 0.2) is 10.8 Å². The van der Waals surface area contributed by atoms with E-state index in [1.165, 1.54) is 6.42 Å². The van der Waals surface area contributed by atoms with Crippen LogP contribution in [0.3, 0.4) is 0 Å². The molecule has 0 aliphatic rings. The molecule has 0 atom stereocenters. The first-order chi connectivity index (χ1) is 7.29. The standard InChI is InChI=1S/C10H17BrN4/c1-3-5-6-13-10-8(11)9(12-4-2)14-7-15-10/h7H,3-6H2,1-2H3,(H2,12,13,14,15). The number of nitrogens with zero attached hydrogens (tertiary/aromatic N) is 2. The average Bonchev–Trinajstić information content (AvgIpc) is 2.24. The van der Waals surface area contributed by atoms with Crippen LogP contribution in [0.5, 0.6) is 0 Å². The Kier molecular flexibility index (Phi) is 5.39. The van der Waals surface area contributed by atoms with Crippen molar-refractivity contribution < 1.29 is 0 Å². The maximum Gasteiger partial charge on any atom is 0.145 e. The third-order valence-corrected chi connectivity index (χ3v) is 2.71. The van der Waals surface area contributed by atoms with Gasteiger partial charge in [-0.2, -0.15) is 0 Å². The van der Waals surface area contributed by atoms with Gasteiger partial charge in [0.15, 0.2) is 0 Å². The molecule has 0 saturated carbocycles. The second-order valence-corrected chi connectivity index (χ2v) is 3.99. The van der Waals surface area contributed by atoms with E-state index in [4.69, 9.17) is 0 Å². The highest BCUT2D eigenvalue weighted by molar-refractivity contribution is 9.10. The van der Waals surface area contributed by atoms with Crippen LogP contribution in [0.2, 0.25) is 0 Å². The Balaban J connectivity index is 2.66. The van der Waals surface area contributed by atoms with E-state index in [0.717, 1.165) is 35.6 Å². The number of anilines is 2. The summed E-state index contributed by atoms with van der Waals surface area (Å²) in [5, 5.41) is 6.44. The van der Waals surface area contributed by atoms with Crippen molar-refractivity contribution in [1.82, 2.24) is 9.97 Å². The van der Waals surface area contributed by atoms with Gasteiger partial charge in [0.2, 0.25) is 0 Å². The zero-order chi connectivity index (χ0) is 11.1. The molecule has 0 saturated heterocycles. The van der Waals surface area contributed by atoms with Gasteiger partial charge in [0.25, 0.3) is 0 Å². The summed E-state index contributed by atoms with van der Waals surface area (Å²) < 4.78 is 0.906. The van der Waals surface area contributed by atoms with Crippen molar-refractivity contribution in [3.05, 3.63) is 10.8 Å². The molecule has 0 aliphatic carbocycles. The van der Waals surface area contributed by atoms with Crippen molar-refractivity contribution in [1.29, 1.82) is 0 Å². The van der Waals surface area contributed by atoms with Crippen molar-refractivity contribution in [3.8, 4) is 0 Å². The van der Waals surface area contributed by atoms with Crippen LogP contribution >= 0.6 is 15.9 Å². The summed E-state index contributed by atoms with van der Waals surface area (Å²) in [5.41, 5.74) is 0. The highest BCUT2D eigenvalue weighted by Crippen LogP contribution is 2.26. The number of rotatable bonds is 6. The maximum absolute atomic E-state index is 4.18. The van der Waals surface area contributed by atoms with Crippen LogP contribution in [0.1, 0.15) is 26.7 Å². The number of halogens is 1. The van der Waals surface area contributed by atoms with Crippen LogP contribution in [0.25, 0.3) is 0 Å². The molecule has 4 nitrogen and oxygen atoms in total. The highest BCUT2D eigenvalue weighted by Gasteiger charge is 2.06. The van der Waals surface area contributed by atoms with E-state index >= 15 is 0 Å². The van der Waals surface area contributed by atoms with E-state index in [9.17, 15) is 0 Å². The van der Waals surface area contributed by atoms with Gasteiger partial charge in [-0.1, -0.05) is 13.3 Å². The van der Waals surface area contributed by atoms with Crippen LogP contribution < -0.4 is 10.6 Å². The second kappa shape index (κ2) is 6.61. The summed E-state index contributed by atoms with van der Waals surface area (Å²) in [6, 6.07) is 0. The Morgan fingerprint density at radius 1 is 1.20 bits per heavy atom. The van der Waals surface area contributed by atoms with Gasteiger partial charge in [-0.15, -0.1) is 0 Å². The van der Waals surface area contributed by atoms with Gasteiger partial charge >= 0.3 is 0 Å². The number of nitrogens with one attached hydrogen (secondary N) is 2. The molecule has 0 radical (unpaired) electrons. The van der Waals surface area contributed by atoms with E-state index in [0.29, 0.717) is 0 Å². The van der Waals surface area contributed by atoms with Crippen LogP contribution in [0.4, 0.5) is 11.6 Å². The van der Waals surface area contributed by atoms with E-state index < -0.39 is 0 Å². The van der Waals surface area contributed by atoms with E-state index in [-0.39, 0.29) is 0 Å². The van der Waals surface area contributed by atoms with E-state index in [1.807, 2.05) is 6.92 Å². The van der Waals surface area contributed by atoms with Crippen LogP contribution in [-0.4, -0.2) is 23.1 Å². The molecular formula is C10H17BrN4. The third kappa shape index (κ3) is 3.66. The number of hydrogen-bond acceptors (Lipinski definition) is 4. The van der Waals surface area contributed by atoms with Gasteiger partial charge < -0.3 is 10.6 Å². The SMILES string of the molecule is CCCCNc1ncnc(NCC)c1Br. The van der Waals surface area contributed by atoms with Crippen molar-refractivity contribution in [2.24, 2.45) is 0 Å². The Bertz CT molecular complexity index is 303. The summed E-state index contributed by atoms with van der Waals surface area (Å²) in [6.07, 6.45) is 3.89. The molecule has 0 aliphatic heterocycles. The lowest BCUT2D eigenvalue weighted by Crippen LogP contribution is -2.07. The largest absolute Gasteiger partial charge is 0.369 e. The third-order valence-electron chi connectivity index (χ3n) is 1.96. The zero-order valence-corrected chi connectivity index (χ0v) is 10.8. The molecule has 84 valence electrons. The fourth-order valence-corrected chi connectivity index (χ4v) is 1.65. The Morgan fingerprint density at radius 3 is 2.47 bits per heavy atom. The lowest BCUT2D eigenvalue weighted by molar-refractivity contribution is 0.829. The average molecular weight is 273 g/mol. The first-order valence-electron chi connectivity index (χ1n) is 5.27. The Hall–Kier alpha value is -0.840. The summed E-state index contributed by atoms with van der Waals surface area (Å²) in [4.78, 5) is 8.33. The molecule has 0 bridgehead atoms.